The Balaban J connectivity index is 4.07. The van der Waals surface area contributed by atoms with Gasteiger partial charge in [-0.2, -0.15) is 13.2 Å². The number of hydrogen-bond donors (Lipinski definition) is 3. The Morgan fingerprint density at radius 2 is 1.64 bits per heavy atom. The van der Waals surface area contributed by atoms with E-state index in [1.54, 1.807) is 13.8 Å². The van der Waals surface area contributed by atoms with E-state index in [0.717, 1.165) is 0 Å². The van der Waals surface area contributed by atoms with Gasteiger partial charge in [0.15, 0.2) is 6.10 Å². The van der Waals surface area contributed by atoms with Crippen LogP contribution in [0, 0.1) is 0 Å². The SMILES string of the molecule is CC(O)C(C)(C)NCC(O)C(F)(F)F. The van der Waals surface area contributed by atoms with Crippen molar-refractivity contribution in [1.29, 1.82) is 0 Å². The summed E-state index contributed by atoms with van der Waals surface area (Å²) in [5, 5.41) is 20.3. The zero-order chi connectivity index (χ0) is 11.6. The van der Waals surface area contributed by atoms with Crippen LogP contribution in [-0.4, -0.2) is 40.7 Å². The third kappa shape index (κ3) is 4.26. The minimum atomic E-state index is -4.62. The van der Waals surface area contributed by atoms with Crippen molar-refractivity contribution in [1.82, 2.24) is 5.32 Å². The molecule has 0 aliphatic rings. The first-order valence-electron chi connectivity index (χ1n) is 4.25. The van der Waals surface area contributed by atoms with Crippen LogP contribution in [0.25, 0.3) is 0 Å². The zero-order valence-electron chi connectivity index (χ0n) is 8.39. The lowest BCUT2D eigenvalue weighted by Crippen LogP contribution is -2.52. The smallest absolute Gasteiger partial charge is 0.392 e. The second-order valence-electron chi connectivity index (χ2n) is 3.84. The van der Waals surface area contributed by atoms with Crippen LogP contribution in [0.5, 0.6) is 0 Å². The van der Waals surface area contributed by atoms with Crippen molar-refractivity contribution in [2.24, 2.45) is 0 Å². The van der Waals surface area contributed by atoms with Gasteiger partial charge in [0.25, 0.3) is 0 Å². The van der Waals surface area contributed by atoms with Gasteiger partial charge in [-0.15, -0.1) is 0 Å². The van der Waals surface area contributed by atoms with Crippen molar-refractivity contribution in [3.8, 4) is 0 Å². The van der Waals surface area contributed by atoms with Crippen molar-refractivity contribution < 1.29 is 23.4 Å². The number of nitrogens with one attached hydrogen (secondary N) is 1. The maximum absolute atomic E-state index is 11.9. The van der Waals surface area contributed by atoms with E-state index in [0.29, 0.717) is 0 Å². The zero-order valence-corrected chi connectivity index (χ0v) is 8.39. The summed E-state index contributed by atoms with van der Waals surface area (Å²) in [6.45, 7) is 3.95. The van der Waals surface area contributed by atoms with Crippen LogP contribution in [0.3, 0.4) is 0 Å². The average Bonchev–Trinajstić information content (AvgIpc) is 1.98. The van der Waals surface area contributed by atoms with E-state index in [2.05, 4.69) is 5.32 Å². The number of hydrogen-bond acceptors (Lipinski definition) is 3. The normalized spacial score (nSPS) is 18.0. The first kappa shape index (κ1) is 13.7. The molecular formula is C8H16F3NO2. The Bertz CT molecular complexity index is 180. The highest BCUT2D eigenvalue weighted by Crippen LogP contribution is 2.20. The van der Waals surface area contributed by atoms with E-state index < -0.39 is 30.5 Å². The number of alkyl halides is 3. The van der Waals surface area contributed by atoms with Crippen molar-refractivity contribution >= 4 is 0 Å². The molecule has 0 aromatic rings. The van der Waals surface area contributed by atoms with Crippen LogP contribution < -0.4 is 5.32 Å². The first-order chi connectivity index (χ1) is 6.07. The average molecular weight is 215 g/mol. The first-order valence-corrected chi connectivity index (χ1v) is 4.25. The predicted octanol–water partition coefficient (Wildman–Crippen LogP) is 0.659. The number of halogens is 3. The van der Waals surface area contributed by atoms with E-state index in [9.17, 15) is 18.3 Å². The summed E-state index contributed by atoms with van der Waals surface area (Å²) in [6.07, 6.45) is -7.83. The fraction of sp³-hybridized carbons (Fsp3) is 1.00. The highest BCUT2D eigenvalue weighted by atomic mass is 19.4. The molecule has 0 aliphatic heterocycles. The second-order valence-corrected chi connectivity index (χ2v) is 3.84. The number of aliphatic hydroxyl groups excluding tert-OH is 2. The van der Waals surface area contributed by atoms with Gasteiger partial charge in [0.2, 0.25) is 0 Å². The Hall–Kier alpha value is -0.330. The van der Waals surface area contributed by atoms with Gasteiger partial charge in [0, 0.05) is 12.1 Å². The summed E-state index contributed by atoms with van der Waals surface area (Å²) < 4.78 is 35.6. The van der Waals surface area contributed by atoms with Crippen molar-refractivity contribution in [3.05, 3.63) is 0 Å². The fourth-order valence-electron chi connectivity index (χ4n) is 0.623. The molecule has 0 amide bonds. The minimum Gasteiger partial charge on any atom is -0.392 e. The van der Waals surface area contributed by atoms with Gasteiger partial charge in [-0.05, 0) is 20.8 Å². The third-order valence-electron chi connectivity index (χ3n) is 2.17. The lowest BCUT2D eigenvalue weighted by atomic mass is 9.98. The van der Waals surface area contributed by atoms with E-state index in [-0.39, 0.29) is 0 Å². The van der Waals surface area contributed by atoms with Crippen LogP contribution in [0.1, 0.15) is 20.8 Å². The summed E-state index contributed by atoms with van der Waals surface area (Å²) in [7, 11) is 0. The highest BCUT2D eigenvalue weighted by molar-refractivity contribution is 4.84. The summed E-state index contributed by atoms with van der Waals surface area (Å²) in [6, 6.07) is 0. The third-order valence-corrected chi connectivity index (χ3v) is 2.17. The second kappa shape index (κ2) is 4.46. The molecule has 0 aromatic carbocycles. The van der Waals surface area contributed by atoms with Crippen LogP contribution in [0.4, 0.5) is 13.2 Å². The quantitative estimate of drug-likeness (QED) is 0.645. The Morgan fingerprint density at radius 1 is 1.21 bits per heavy atom. The lowest BCUT2D eigenvalue weighted by molar-refractivity contribution is -0.203. The maximum Gasteiger partial charge on any atom is 0.415 e. The Labute approximate surface area is 80.9 Å². The molecule has 86 valence electrons. The standard InChI is InChI=1S/C8H16F3NO2/c1-5(13)7(2,3)12-4-6(14)8(9,10)11/h5-6,12-14H,4H2,1-3H3. The van der Waals surface area contributed by atoms with E-state index in [4.69, 9.17) is 5.11 Å². The molecule has 0 rings (SSSR count). The van der Waals surface area contributed by atoms with E-state index in [1.807, 2.05) is 0 Å². The predicted molar refractivity (Wildman–Crippen MR) is 45.8 cm³/mol. The van der Waals surface area contributed by atoms with E-state index in [1.165, 1.54) is 6.92 Å². The number of rotatable bonds is 4. The summed E-state index contributed by atoms with van der Waals surface area (Å²) in [5.74, 6) is 0. The maximum atomic E-state index is 11.9. The summed E-state index contributed by atoms with van der Waals surface area (Å²) in [5.41, 5.74) is -0.855. The molecule has 0 fully saturated rings. The molecule has 0 bridgehead atoms. The van der Waals surface area contributed by atoms with Crippen molar-refractivity contribution in [3.63, 3.8) is 0 Å². The molecule has 0 saturated heterocycles. The molecule has 0 spiro atoms. The molecule has 2 atom stereocenters. The Morgan fingerprint density at radius 3 is 1.93 bits per heavy atom. The molecule has 0 saturated carbocycles. The molecule has 14 heavy (non-hydrogen) atoms. The van der Waals surface area contributed by atoms with Crippen LogP contribution >= 0.6 is 0 Å². The molecule has 0 aromatic heterocycles. The number of β-amino-alcohol motifs (C(OH)–C–C–N with tert-alkyl or cyclic N) is 1. The molecule has 3 nitrogen and oxygen atoms in total. The van der Waals surface area contributed by atoms with E-state index >= 15 is 0 Å². The lowest BCUT2D eigenvalue weighted by Gasteiger charge is -2.30. The molecular weight excluding hydrogens is 199 g/mol. The highest BCUT2D eigenvalue weighted by Gasteiger charge is 2.39. The van der Waals surface area contributed by atoms with Crippen molar-refractivity contribution in [2.75, 3.05) is 6.54 Å². The largest absolute Gasteiger partial charge is 0.415 e. The topological polar surface area (TPSA) is 52.5 Å². The van der Waals surface area contributed by atoms with Crippen LogP contribution in [0.15, 0.2) is 0 Å². The summed E-state index contributed by atoms with van der Waals surface area (Å²) >= 11 is 0. The summed E-state index contributed by atoms with van der Waals surface area (Å²) in [4.78, 5) is 0. The van der Waals surface area contributed by atoms with Gasteiger partial charge in [-0.1, -0.05) is 0 Å². The Kier molecular flexibility index (Phi) is 4.35. The molecule has 0 heterocycles. The van der Waals surface area contributed by atoms with Gasteiger partial charge < -0.3 is 15.5 Å². The monoisotopic (exact) mass is 215 g/mol. The van der Waals surface area contributed by atoms with Gasteiger partial charge in [0.1, 0.15) is 0 Å². The molecule has 0 aliphatic carbocycles. The van der Waals surface area contributed by atoms with Gasteiger partial charge in [-0.3, -0.25) is 0 Å². The molecule has 0 radical (unpaired) electrons. The number of aliphatic hydroxyl groups is 2. The van der Waals surface area contributed by atoms with Gasteiger partial charge >= 0.3 is 6.18 Å². The van der Waals surface area contributed by atoms with Crippen molar-refractivity contribution in [2.45, 2.75) is 44.7 Å². The van der Waals surface area contributed by atoms with Crippen LogP contribution in [-0.2, 0) is 0 Å². The molecule has 2 unspecified atom stereocenters. The van der Waals surface area contributed by atoms with Gasteiger partial charge in [0.05, 0.1) is 6.10 Å². The molecule has 3 N–H and O–H groups in total. The van der Waals surface area contributed by atoms with Crippen LogP contribution in [0.2, 0.25) is 0 Å². The van der Waals surface area contributed by atoms with Gasteiger partial charge in [-0.25, -0.2) is 0 Å². The fourth-order valence-corrected chi connectivity index (χ4v) is 0.623. The minimum absolute atomic E-state index is 0.624. The molecule has 6 heteroatoms.